The molecule has 0 heterocycles. The fourth-order valence-electron chi connectivity index (χ4n) is 3.58. The van der Waals surface area contributed by atoms with Crippen LogP contribution in [-0.4, -0.2) is 33.4 Å². The molecule has 4 N–H and O–H groups in total. The number of hydrogen-bond acceptors (Lipinski definition) is 5. The molecule has 8 nitrogen and oxygen atoms in total. The minimum absolute atomic E-state index is 0.0688. The number of nitrogens with one attached hydrogen (secondary N) is 2. The Bertz CT molecular complexity index is 1280. The van der Waals surface area contributed by atoms with Gasteiger partial charge in [-0.2, -0.15) is 0 Å². The van der Waals surface area contributed by atoms with Crippen LogP contribution in [0.25, 0.3) is 10.8 Å². The summed E-state index contributed by atoms with van der Waals surface area (Å²) < 4.78 is 28.7. The highest BCUT2D eigenvalue weighted by Crippen LogP contribution is 2.26. The van der Waals surface area contributed by atoms with Gasteiger partial charge in [0.15, 0.2) is 0 Å². The summed E-state index contributed by atoms with van der Waals surface area (Å²) in [5, 5.41) is 12.7. The van der Waals surface area contributed by atoms with Crippen LogP contribution in [0.15, 0.2) is 65.6 Å². The molecule has 1 atom stereocenters. The molecule has 0 saturated carbocycles. The van der Waals surface area contributed by atoms with Crippen LogP contribution in [0.5, 0.6) is 5.75 Å². The zero-order valence-corrected chi connectivity index (χ0v) is 19.5. The zero-order valence-electron chi connectivity index (χ0n) is 18.7. The van der Waals surface area contributed by atoms with Gasteiger partial charge in [-0.25, -0.2) is 13.6 Å². The second-order valence-electron chi connectivity index (χ2n) is 8.00. The molecule has 0 saturated heterocycles. The SMILES string of the molecule is COc1ccc(NC(=O)C(NC(=O)Cc2cccc3ccccc23)C(C)C)cc1S(N)(=O)=O. The first-order valence-electron chi connectivity index (χ1n) is 10.4. The van der Waals surface area contributed by atoms with Crippen molar-refractivity contribution in [2.24, 2.45) is 11.1 Å². The Morgan fingerprint density at radius 1 is 1.03 bits per heavy atom. The Kier molecular flexibility index (Phi) is 7.35. The summed E-state index contributed by atoms with van der Waals surface area (Å²) >= 11 is 0. The normalized spacial score (nSPS) is 12.4. The summed E-state index contributed by atoms with van der Waals surface area (Å²) in [4.78, 5) is 25.5. The van der Waals surface area contributed by atoms with E-state index in [9.17, 15) is 18.0 Å². The summed E-state index contributed by atoms with van der Waals surface area (Å²) in [6.07, 6.45) is 0.121. The third kappa shape index (κ3) is 5.88. The average molecular weight is 470 g/mol. The van der Waals surface area contributed by atoms with Crippen molar-refractivity contribution in [3.8, 4) is 5.75 Å². The highest BCUT2D eigenvalue weighted by atomic mass is 32.2. The third-order valence-corrected chi connectivity index (χ3v) is 6.17. The minimum Gasteiger partial charge on any atom is -0.495 e. The second-order valence-corrected chi connectivity index (χ2v) is 9.53. The molecule has 3 aromatic rings. The molecule has 3 rings (SSSR count). The smallest absolute Gasteiger partial charge is 0.247 e. The maximum absolute atomic E-state index is 12.9. The quantitative estimate of drug-likeness (QED) is 0.467. The Morgan fingerprint density at radius 3 is 2.39 bits per heavy atom. The molecule has 0 radical (unpaired) electrons. The molecule has 0 bridgehead atoms. The Hall–Kier alpha value is -3.43. The number of methoxy groups -OCH3 is 1. The van der Waals surface area contributed by atoms with Crippen molar-refractivity contribution in [1.29, 1.82) is 0 Å². The summed E-state index contributed by atoms with van der Waals surface area (Å²) in [7, 11) is -2.74. The summed E-state index contributed by atoms with van der Waals surface area (Å²) in [6, 6.07) is 16.8. The maximum Gasteiger partial charge on any atom is 0.247 e. The minimum atomic E-state index is -4.06. The molecule has 9 heteroatoms. The molecule has 0 fully saturated rings. The number of benzene rings is 3. The number of sulfonamides is 1. The van der Waals surface area contributed by atoms with Crippen molar-refractivity contribution in [3.05, 3.63) is 66.2 Å². The van der Waals surface area contributed by atoms with Gasteiger partial charge in [-0.05, 0) is 40.5 Å². The molecule has 1 unspecified atom stereocenters. The van der Waals surface area contributed by atoms with Gasteiger partial charge >= 0.3 is 0 Å². The predicted molar refractivity (Wildman–Crippen MR) is 127 cm³/mol. The van der Waals surface area contributed by atoms with Gasteiger partial charge < -0.3 is 15.4 Å². The van der Waals surface area contributed by atoms with Crippen LogP contribution < -0.4 is 20.5 Å². The van der Waals surface area contributed by atoms with Gasteiger partial charge in [0.1, 0.15) is 16.7 Å². The molecule has 0 aliphatic heterocycles. The van der Waals surface area contributed by atoms with Crippen LogP contribution in [0.3, 0.4) is 0 Å². The van der Waals surface area contributed by atoms with Crippen LogP contribution in [0.4, 0.5) is 5.69 Å². The Balaban J connectivity index is 1.76. The lowest BCUT2D eigenvalue weighted by molar-refractivity contribution is -0.127. The van der Waals surface area contributed by atoms with E-state index in [1.807, 2.05) is 56.3 Å². The van der Waals surface area contributed by atoms with E-state index >= 15 is 0 Å². The van der Waals surface area contributed by atoms with Gasteiger partial charge in [-0.3, -0.25) is 9.59 Å². The molecule has 3 aromatic carbocycles. The van der Waals surface area contributed by atoms with Crippen LogP contribution in [-0.2, 0) is 26.0 Å². The zero-order chi connectivity index (χ0) is 24.2. The van der Waals surface area contributed by atoms with Crippen LogP contribution in [0, 0.1) is 5.92 Å². The van der Waals surface area contributed by atoms with Crippen molar-refractivity contribution in [2.75, 3.05) is 12.4 Å². The number of hydrogen-bond donors (Lipinski definition) is 3. The summed E-state index contributed by atoms with van der Waals surface area (Å²) in [6.45, 7) is 3.62. The maximum atomic E-state index is 12.9. The first kappa shape index (κ1) is 24.2. The highest BCUT2D eigenvalue weighted by molar-refractivity contribution is 7.89. The van der Waals surface area contributed by atoms with Crippen LogP contribution >= 0.6 is 0 Å². The van der Waals surface area contributed by atoms with Crippen molar-refractivity contribution < 1.29 is 22.7 Å². The van der Waals surface area contributed by atoms with Gasteiger partial charge in [0.25, 0.3) is 0 Å². The monoisotopic (exact) mass is 469 g/mol. The Labute approximate surface area is 193 Å². The molecule has 174 valence electrons. The van der Waals surface area contributed by atoms with Crippen LogP contribution in [0.1, 0.15) is 19.4 Å². The van der Waals surface area contributed by atoms with Gasteiger partial charge in [0, 0.05) is 5.69 Å². The number of nitrogens with two attached hydrogens (primary N) is 1. The topological polar surface area (TPSA) is 128 Å². The largest absolute Gasteiger partial charge is 0.495 e. The molecule has 0 aliphatic rings. The van der Waals surface area contributed by atoms with Gasteiger partial charge in [0.2, 0.25) is 21.8 Å². The Morgan fingerprint density at radius 2 is 1.73 bits per heavy atom. The molecule has 2 amide bonds. The van der Waals surface area contributed by atoms with Crippen molar-refractivity contribution >= 4 is 38.3 Å². The van der Waals surface area contributed by atoms with E-state index in [2.05, 4.69) is 10.6 Å². The number of fused-ring (bicyclic) bond motifs is 1. The van der Waals surface area contributed by atoms with Crippen molar-refractivity contribution in [2.45, 2.75) is 31.2 Å². The lowest BCUT2D eigenvalue weighted by Gasteiger charge is -2.22. The number of carbonyl (C=O) groups is 2. The first-order valence-corrected chi connectivity index (χ1v) is 11.9. The lowest BCUT2D eigenvalue weighted by atomic mass is 10.00. The number of amides is 2. The van der Waals surface area contributed by atoms with Gasteiger partial charge in [-0.15, -0.1) is 0 Å². The van der Waals surface area contributed by atoms with E-state index in [1.54, 1.807) is 0 Å². The number of carbonyl (C=O) groups excluding carboxylic acids is 2. The summed E-state index contributed by atoms with van der Waals surface area (Å²) in [5.74, 6) is -0.904. The molecule has 0 spiro atoms. The van der Waals surface area contributed by atoms with Gasteiger partial charge in [0.05, 0.1) is 13.5 Å². The average Bonchev–Trinajstić information content (AvgIpc) is 2.77. The van der Waals surface area contributed by atoms with E-state index in [1.165, 1.54) is 25.3 Å². The molecular weight excluding hydrogens is 442 g/mol. The summed E-state index contributed by atoms with van der Waals surface area (Å²) in [5.41, 5.74) is 1.08. The van der Waals surface area contributed by atoms with Crippen molar-refractivity contribution in [3.63, 3.8) is 0 Å². The molecule has 33 heavy (non-hydrogen) atoms. The van der Waals surface area contributed by atoms with E-state index in [4.69, 9.17) is 9.88 Å². The fourth-order valence-corrected chi connectivity index (χ4v) is 4.30. The number of anilines is 1. The first-order chi connectivity index (χ1) is 15.6. The fraction of sp³-hybridized carbons (Fsp3) is 0.250. The second kappa shape index (κ2) is 10.0. The predicted octanol–water partition coefficient (Wildman–Crippen LogP) is 2.82. The standard InChI is InChI=1S/C24H27N3O5S/c1-15(2)23(24(29)26-18-11-12-20(32-3)21(14-18)33(25,30)31)27-22(28)13-17-9-6-8-16-7-4-5-10-19(16)17/h4-12,14-15,23H,13H2,1-3H3,(H,26,29)(H,27,28)(H2,25,30,31). The lowest BCUT2D eigenvalue weighted by Crippen LogP contribution is -2.47. The highest BCUT2D eigenvalue weighted by Gasteiger charge is 2.25. The van der Waals surface area contributed by atoms with E-state index < -0.39 is 22.0 Å². The van der Waals surface area contributed by atoms with E-state index in [-0.39, 0.29) is 34.6 Å². The number of primary sulfonamides is 1. The third-order valence-electron chi connectivity index (χ3n) is 5.23. The molecule has 0 aromatic heterocycles. The van der Waals surface area contributed by atoms with Gasteiger partial charge in [-0.1, -0.05) is 56.3 Å². The van der Waals surface area contributed by atoms with E-state index in [0.29, 0.717) is 0 Å². The number of ether oxygens (including phenoxy) is 1. The van der Waals surface area contributed by atoms with Crippen molar-refractivity contribution in [1.82, 2.24) is 5.32 Å². The number of rotatable bonds is 8. The molecule has 0 aliphatic carbocycles. The van der Waals surface area contributed by atoms with Crippen LogP contribution in [0.2, 0.25) is 0 Å². The van der Waals surface area contributed by atoms with E-state index in [0.717, 1.165) is 16.3 Å². The molecular formula is C24H27N3O5S.